The Balaban J connectivity index is 1.52. The first-order valence-corrected chi connectivity index (χ1v) is 8.40. The molecule has 5 nitrogen and oxygen atoms in total. The average molecular weight is 333 g/mol. The zero-order valence-electron chi connectivity index (χ0n) is 13.2. The Labute approximate surface area is 141 Å². The fraction of sp³-hybridized carbons (Fsp3) is 0.412. The molecule has 1 aliphatic rings. The van der Waals surface area contributed by atoms with Gasteiger partial charge in [0.2, 0.25) is 0 Å². The number of rotatable bonds is 5. The normalized spacial score (nSPS) is 16.5. The van der Waals surface area contributed by atoms with E-state index in [0.29, 0.717) is 29.8 Å². The molecule has 0 saturated heterocycles. The summed E-state index contributed by atoms with van der Waals surface area (Å²) in [5.74, 6) is -0.162. The van der Waals surface area contributed by atoms with Gasteiger partial charge in [0.15, 0.2) is 0 Å². The van der Waals surface area contributed by atoms with Gasteiger partial charge in [-0.1, -0.05) is 29.8 Å². The summed E-state index contributed by atoms with van der Waals surface area (Å²) in [6, 6.07) is 8.77. The Morgan fingerprint density at radius 3 is 3.13 bits per heavy atom. The first-order valence-electron chi connectivity index (χ1n) is 8.03. The van der Waals surface area contributed by atoms with E-state index in [1.165, 1.54) is 17.4 Å². The molecule has 0 radical (unpaired) electrons. The fourth-order valence-electron chi connectivity index (χ4n) is 2.99. The van der Waals surface area contributed by atoms with E-state index in [9.17, 15) is 4.79 Å². The van der Waals surface area contributed by atoms with Crippen molar-refractivity contribution >= 4 is 23.2 Å². The highest BCUT2D eigenvalue weighted by Crippen LogP contribution is 2.25. The van der Waals surface area contributed by atoms with Gasteiger partial charge in [-0.15, -0.1) is 0 Å². The van der Waals surface area contributed by atoms with Crippen LogP contribution in [0.5, 0.6) is 0 Å². The zero-order valence-corrected chi connectivity index (χ0v) is 13.9. The molecule has 3 rings (SSSR count). The first kappa shape index (κ1) is 15.9. The molecule has 2 heterocycles. The van der Waals surface area contributed by atoms with Crippen molar-refractivity contribution in [3.8, 4) is 0 Å². The minimum Gasteiger partial charge on any atom is -0.382 e. The molecule has 23 heavy (non-hydrogen) atoms. The number of benzene rings is 1. The molecule has 6 heteroatoms. The quantitative estimate of drug-likeness (QED) is 0.884. The van der Waals surface area contributed by atoms with E-state index in [1.807, 2.05) is 13.0 Å². The lowest BCUT2D eigenvalue weighted by Gasteiger charge is -2.27. The molecule has 1 aromatic heterocycles. The summed E-state index contributed by atoms with van der Waals surface area (Å²) in [5, 5.41) is 11.0. The maximum absolute atomic E-state index is 12.3. The molecule has 0 fully saturated rings. The number of para-hydroxylation sites is 1. The Hall–Kier alpha value is -2.01. The highest BCUT2D eigenvalue weighted by Gasteiger charge is 2.19. The Morgan fingerprint density at radius 2 is 2.30 bits per heavy atom. The van der Waals surface area contributed by atoms with Crippen LogP contribution in [0.25, 0.3) is 0 Å². The smallest absolute Gasteiger partial charge is 0.271 e. The highest BCUT2D eigenvalue weighted by atomic mass is 35.5. The topological polar surface area (TPSA) is 59.0 Å². The van der Waals surface area contributed by atoms with E-state index >= 15 is 0 Å². The van der Waals surface area contributed by atoms with E-state index in [2.05, 4.69) is 33.9 Å². The summed E-state index contributed by atoms with van der Waals surface area (Å²) in [4.78, 5) is 12.3. The SMILES string of the molecule is CCn1ncc(Cl)c1C(=O)NCCC1CCc2ccccc2N1. The minimum atomic E-state index is -0.162. The lowest BCUT2D eigenvalue weighted by molar-refractivity contribution is 0.0942. The van der Waals surface area contributed by atoms with Crippen LogP contribution in [0.3, 0.4) is 0 Å². The molecule has 1 aromatic carbocycles. The van der Waals surface area contributed by atoms with Crippen molar-refractivity contribution in [2.45, 2.75) is 38.8 Å². The summed E-state index contributed by atoms with van der Waals surface area (Å²) in [6.45, 7) is 3.17. The van der Waals surface area contributed by atoms with Gasteiger partial charge in [-0.25, -0.2) is 0 Å². The van der Waals surface area contributed by atoms with Gasteiger partial charge in [-0.3, -0.25) is 9.48 Å². The van der Waals surface area contributed by atoms with E-state index in [-0.39, 0.29) is 5.91 Å². The second-order valence-electron chi connectivity index (χ2n) is 5.74. The first-order chi connectivity index (χ1) is 11.2. The molecular formula is C17H21ClN4O. The lowest BCUT2D eigenvalue weighted by atomic mass is 9.96. The van der Waals surface area contributed by atoms with E-state index in [4.69, 9.17) is 11.6 Å². The number of carbonyl (C=O) groups excluding carboxylic acids is 1. The minimum absolute atomic E-state index is 0.162. The third-order valence-electron chi connectivity index (χ3n) is 4.23. The summed E-state index contributed by atoms with van der Waals surface area (Å²) in [6.07, 6.45) is 4.56. The number of halogens is 1. The van der Waals surface area contributed by atoms with Crippen molar-refractivity contribution < 1.29 is 4.79 Å². The van der Waals surface area contributed by atoms with Crippen molar-refractivity contribution in [3.63, 3.8) is 0 Å². The predicted molar refractivity (Wildman–Crippen MR) is 92.0 cm³/mol. The average Bonchev–Trinajstić information content (AvgIpc) is 2.95. The largest absolute Gasteiger partial charge is 0.382 e. The maximum Gasteiger partial charge on any atom is 0.271 e. The van der Waals surface area contributed by atoms with Crippen LogP contribution < -0.4 is 10.6 Å². The van der Waals surface area contributed by atoms with Gasteiger partial charge in [-0.2, -0.15) is 5.10 Å². The Kier molecular flexibility index (Phi) is 4.86. The molecule has 0 bridgehead atoms. The molecule has 122 valence electrons. The van der Waals surface area contributed by atoms with Crippen LogP contribution in [-0.4, -0.2) is 28.3 Å². The van der Waals surface area contributed by atoms with Crippen LogP contribution in [0.15, 0.2) is 30.5 Å². The number of hydrogen-bond acceptors (Lipinski definition) is 3. The van der Waals surface area contributed by atoms with Gasteiger partial charge in [0.25, 0.3) is 5.91 Å². The number of carbonyl (C=O) groups is 1. The standard InChI is InChI=1S/C17H21ClN4O/c1-2-22-16(14(18)11-20-22)17(23)19-10-9-13-8-7-12-5-3-4-6-15(12)21-13/h3-6,11,13,21H,2,7-10H2,1H3,(H,19,23). The number of hydrogen-bond donors (Lipinski definition) is 2. The molecule has 1 aliphatic heterocycles. The molecule has 1 amide bonds. The summed E-state index contributed by atoms with van der Waals surface area (Å²) >= 11 is 6.05. The van der Waals surface area contributed by atoms with Gasteiger partial charge < -0.3 is 10.6 Å². The molecule has 0 aliphatic carbocycles. The van der Waals surface area contributed by atoms with Crippen molar-refractivity contribution in [2.75, 3.05) is 11.9 Å². The number of aromatic nitrogens is 2. The van der Waals surface area contributed by atoms with Crippen LogP contribution in [0.1, 0.15) is 35.8 Å². The lowest BCUT2D eigenvalue weighted by Crippen LogP contribution is -2.33. The Bertz CT molecular complexity index is 698. The van der Waals surface area contributed by atoms with Gasteiger partial charge >= 0.3 is 0 Å². The third-order valence-corrected chi connectivity index (χ3v) is 4.50. The predicted octanol–water partition coefficient (Wildman–Crippen LogP) is 3.10. The number of aryl methyl sites for hydroxylation is 2. The molecule has 1 atom stereocenters. The molecule has 2 N–H and O–H groups in total. The van der Waals surface area contributed by atoms with Crippen LogP contribution in [0.4, 0.5) is 5.69 Å². The number of fused-ring (bicyclic) bond motifs is 1. The second kappa shape index (κ2) is 7.04. The maximum atomic E-state index is 12.3. The summed E-state index contributed by atoms with van der Waals surface area (Å²) in [7, 11) is 0. The van der Waals surface area contributed by atoms with Gasteiger partial charge in [0.05, 0.1) is 11.2 Å². The Morgan fingerprint density at radius 1 is 1.48 bits per heavy atom. The number of nitrogens with one attached hydrogen (secondary N) is 2. The van der Waals surface area contributed by atoms with Crippen LogP contribution >= 0.6 is 11.6 Å². The van der Waals surface area contributed by atoms with Crippen molar-refractivity contribution in [2.24, 2.45) is 0 Å². The number of nitrogens with zero attached hydrogens (tertiary/aromatic N) is 2. The highest BCUT2D eigenvalue weighted by molar-refractivity contribution is 6.33. The fourth-order valence-corrected chi connectivity index (χ4v) is 3.22. The third kappa shape index (κ3) is 3.50. The summed E-state index contributed by atoms with van der Waals surface area (Å²) in [5.41, 5.74) is 3.02. The number of anilines is 1. The van der Waals surface area contributed by atoms with Gasteiger partial charge in [0.1, 0.15) is 5.69 Å². The van der Waals surface area contributed by atoms with E-state index in [1.54, 1.807) is 4.68 Å². The molecule has 1 unspecified atom stereocenters. The van der Waals surface area contributed by atoms with Crippen LogP contribution in [-0.2, 0) is 13.0 Å². The van der Waals surface area contributed by atoms with Crippen LogP contribution in [0.2, 0.25) is 5.02 Å². The van der Waals surface area contributed by atoms with Crippen molar-refractivity contribution in [1.29, 1.82) is 0 Å². The zero-order chi connectivity index (χ0) is 16.2. The van der Waals surface area contributed by atoms with Crippen molar-refractivity contribution in [1.82, 2.24) is 15.1 Å². The monoisotopic (exact) mass is 332 g/mol. The molecule has 0 spiro atoms. The van der Waals surface area contributed by atoms with Gasteiger partial charge in [-0.05, 0) is 37.8 Å². The molecular weight excluding hydrogens is 312 g/mol. The summed E-state index contributed by atoms with van der Waals surface area (Å²) < 4.78 is 1.62. The van der Waals surface area contributed by atoms with E-state index in [0.717, 1.165) is 19.3 Å². The number of amides is 1. The van der Waals surface area contributed by atoms with Gasteiger partial charge in [0, 0.05) is 24.8 Å². The molecule has 2 aromatic rings. The second-order valence-corrected chi connectivity index (χ2v) is 6.15. The molecule has 0 saturated carbocycles. The van der Waals surface area contributed by atoms with E-state index < -0.39 is 0 Å². The van der Waals surface area contributed by atoms with Crippen LogP contribution in [0, 0.1) is 0 Å². The van der Waals surface area contributed by atoms with Crippen molar-refractivity contribution in [3.05, 3.63) is 46.7 Å².